The lowest BCUT2D eigenvalue weighted by atomic mass is 9.80. The zero-order valence-electron chi connectivity index (χ0n) is 8.62. The lowest BCUT2D eigenvalue weighted by Crippen LogP contribution is -2.61. The van der Waals surface area contributed by atoms with Crippen molar-refractivity contribution in [2.75, 3.05) is 20.2 Å². The number of nitrogens with zero attached hydrogens (tertiary/aromatic N) is 1. The van der Waals surface area contributed by atoms with Crippen molar-refractivity contribution in [3.63, 3.8) is 0 Å². The smallest absolute Gasteiger partial charge is 0.226 e. The first-order valence-corrected chi connectivity index (χ1v) is 5.02. The van der Waals surface area contributed by atoms with E-state index in [9.17, 15) is 9.18 Å². The van der Waals surface area contributed by atoms with Crippen LogP contribution in [0.25, 0.3) is 0 Å². The van der Waals surface area contributed by atoms with Gasteiger partial charge in [0.25, 0.3) is 0 Å². The highest BCUT2D eigenvalue weighted by molar-refractivity contribution is 5.81. The van der Waals surface area contributed by atoms with Crippen LogP contribution in [-0.4, -0.2) is 42.8 Å². The molecule has 14 heavy (non-hydrogen) atoms. The average Bonchev–Trinajstić information content (AvgIpc) is 1.97. The van der Waals surface area contributed by atoms with Crippen molar-refractivity contribution in [1.82, 2.24) is 4.90 Å². The summed E-state index contributed by atoms with van der Waals surface area (Å²) in [5, 5.41) is 0. The summed E-state index contributed by atoms with van der Waals surface area (Å²) in [6, 6.07) is 0. The Morgan fingerprint density at radius 3 is 2.50 bits per heavy atom. The minimum absolute atomic E-state index is 0.0797. The number of ether oxygens (including phenoxy) is 1. The third-order valence-electron chi connectivity index (χ3n) is 3.13. The highest BCUT2D eigenvalue weighted by Gasteiger charge is 2.46. The summed E-state index contributed by atoms with van der Waals surface area (Å²) in [6.45, 7) is 2.06. The first-order valence-electron chi connectivity index (χ1n) is 5.02. The van der Waals surface area contributed by atoms with E-state index in [1.807, 2.05) is 0 Å². The molecule has 0 aromatic rings. The number of halogens is 1. The van der Waals surface area contributed by atoms with Gasteiger partial charge in [0.05, 0.1) is 19.2 Å². The van der Waals surface area contributed by atoms with Crippen LogP contribution in [0.4, 0.5) is 4.39 Å². The molecule has 0 atom stereocenters. The Morgan fingerprint density at radius 2 is 2.07 bits per heavy atom. The van der Waals surface area contributed by atoms with Crippen LogP contribution >= 0.6 is 0 Å². The van der Waals surface area contributed by atoms with Crippen molar-refractivity contribution in [1.29, 1.82) is 0 Å². The van der Waals surface area contributed by atoms with E-state index >= 15 is 0 Å². The van der Waals surface area contributed by atoms with Crippen LogP contribution in [0, 0.1) is 5.92 Å². The van der Waals surface area contributed by atoms with Crippen molar-refractivity contribution in [2.45, 2.75) is 31.5 Å². The highest BCUT2D eigenvalue weighted by atomic mass is 19.1. The van der Waals surface area contributed by atoms with Gasteiger partial charge in [0.1, 0.15) is 5.67 Å². The van der Waals surface area contributed by atoms with Crippen LogP contribution in [0.3, 0.4) is 0 Å². The first kappa shape index (κ1) is 9.90. The number of alkyl halides is 1. The molecular formula is C10H16FNO2. The minimum atomic E-state index is -1.15. The quantitative estimate of drug-likeness (QED) is 0.666. The number of hydrogen-bond acceptors (Lipinski definition) is 2. The summed E-state index contributed by atoms with van der Waals surface area (Å²) in [4.78, 5) is 13.3. The van der Waals surface area contributed by atoms with Gasteiger partial charge in [-0.2, -0.15) is 0 Å². The monoisotopic (exact) mass is 201 g/mol. The van der Waals surface area contributed by atoms with Crippen molar-refractivity contribution < 1.29 is 13.9 Å². The number of methoxy groups -OCH3 is 1. The summed E-state index contributed by atoms with van der Waals surface area (Å²) in [6.07, 6.45) is 1.84. The summed E-state index contributed by atoms with van der Waals surface area (Å²) < 4.78 is 18.2. The van der Waals surface area contributed by atoms with Crippen LogP contribution < -0.4 is 0 Å². The lowest BCUT2D eigenvalue weighted by molar-refractivity contribution is -0.156. The van der Waals surface area contributed by atoms with Crippen molar-refractivity contribution in [3.8, 4) is 0 Å². The SMILES string of the molecule is COC1CC(C(=O)N2CC(C)(F)C2)C1. The molecule has 0 unspecified atom stereocenters. The summed E-state index contributed by atoms with van der Waals surface area (Å²) in [7, 11) is 1.66. The standard InChI is InChI=1S/C10H16FNO2/c1-10(11)5-12(6-10)9(13)7-3-8(4-7)14-2/h7-8H,3-6H2,1-2H3. The maximum Gasteiger partial charge on any atom is 0.226 e. The molecular weight excluding hydrogens is 185 g/mol. The third-order valence-corrected chi connectivity index (χ3v) is 3.13. The molecule has 2 aliphatic rings. The molecule has 1 saturated heterocycles. The predicted molar refractivity (Wildman–Crippen MR) is 49.6 cm³/mol. The molecule has 3 nitrogen and oxygen atoms in total. The number of likely N-dealkylation sites (tertiary alicyclic amines) is 1. The molecule has 2 fully saturated rings. The topological polar surface area (TPSA) is 29.5 Å². The van der Waals surface area contributed by atoms with E-state index < -0.39 is 5.67 Å². The molecule has 0 radical (unpaired) electrons. The normalized spacial score (nSPS) is 34.6. The number of carbonyl (C=O) groups excluding carboxylic acids is 1. The summed E-state index contributed by atoms with van der Waals surface area (Å²) in [5.74, 6) is 0.185. The number of amides is 1. The van der Waals surface area contributed by atoms with E-state index in [1.54, 1.807) is 12.0 Å². The van der Waals surface area contributed by atoms with E-state index in [-0.39, 0.29) is 31.0 Å². The van der Waals surface area contributed by atoms with Crippen LogP contribution in [0.1, 0.15) is 19.8 Å². The predicted octanol–water partition coefficient (Wildman–Crippen LogP) is 0.982. The Kier molecular flexibility index (Phi) is 2.26. The van der Waals surface area contributed by atoms with Gasteiger partial charge in [0.2, 0.25) is 5.91 Å². The summed E-state index contributed by atoms with van der Waals surface area (Å²) >= 11 is 0. The maximum absolute atomic E-state index is 13.1. The van der Waals surface area contributed by atoms with Crippen molar-refractivity contribution in [3.05, 3.63) is 0 Å². The molecule has 4 heteroatoms. The van der Waals surface area contributed by atoms with E-state index in [0.717, 1.165) is 12.8 Å². The fraction of sp³-hybridized carbons (Fsp3) is 0.900. The van der Waals surface area contributed by atoms with E-state index in [4.69, 9.17) is 4.74 Å². The summed E-state index contributed by atoms with van der Waals surface area (Å²) in [5.41, 5.74) is -1.15. The molecule has 1 aliphatic carbocycles. The largest absolute Gasteiger partial charge is 0.381 e. The average molecular weight is 201 g/mol. The van der Waals surface area contributed by atoms with Crippen LogP contribution in [-0.2, 0) is 9.53 Å². The van der Waals surface area contributed by atoms with Gasteiger partial charge in [-0.25, -0.2) is 4.39 Å². The molecule has 1 heterocycles. The molecule has 0 bridgehead atoms. The van der Waals surface area contributed by atoms with E-state index in [1.165, 1.54) is 6.92 Å². The van der Waals surface area contributed by atoms with Crippen LogP contribution in [0.5, 0.6) is 0 Å². The molecule has 1 amide bonds. The fourth-order valence-electron chi connectivity index (χ4n) is 2.12. The molecule has 80 valence electrons. The molecule has 0 spiro atoms. The first-order chi connectivity index (χ1) is 6.52. The van der Waals surface area contributed by atoms with Gasteiger partial charge in [-0.15, -0.1) is 0 Å². The second-order valence-corrected chi connectivity index (χ2v) is 4.63. The van der Waals surface area contributed by atoms with Gasteiger partial charge in [0.15, 0.2) is 0 Å². The number of rotatable bonds is 2. The van der Waals surface area contributed by atoms with Crippen molar-refractivity contribution in [2.24, 2.45) is 5.92 Å². The lowest BCUT2D eigenvalue weighted by Gasteiger charge is -2.46. The molecule has 1 saturated carbocycles. The Labute approximate surface area is 83.2 Å². The fourth-order valence-corrected chi connectivity index (χ4v) is 2.12. The molecule has 1 aliphatic heterocycles. The number of carbonyl (C=O) groups is 1. The molecule has 0 aromatic heterocycles. The van der Waals surface area contributed by atoms with Gasteiger partial charge in [0, 0.05) is 13.0 Å². The van der Waals surface area contributed by atoms with Gasteiger partial charge in [-0.1, -0.05) is 0 Å². The van der Waals surface area contributed by atoms with E-state index in [0.29, 0.717) is 0 Å². The van der Waals surface area contributed by atoms with Gasteiger partial charge < -0.3 is 9.64 Å². The Bertz CT molecular complexity index is 241. The van der Waals surface area contributed by atoms with Crippen LogP contribution in [0.2, 0.25) is 0 Å². The molecule has 0 aromatic carbocycles. The van der Waals surface area contributed by atoms with E-state index in [2.05, 4.69) is 0 Å². The van der Waals surface area contributed by atoms with Crippen molar-refractivity contribution >= 4 is 5.91 Å². The zero-order valence-corrected chi connectivity index (χ0v) is 8.62. The zero-order chi connectivity index (χ0) is 10.3. The maximum atomic E-state index is 13.1. The Hall–Kier alpha value is -0.640. The molecule has 2 rings (SSSR count). The minimum Gasteiger partial charge on any atom is -0.381 e. The van der Waals surface area contributed by atoms with Gasteiger partial charge in [-0.05, 0) is 19.8 Å². The Balaban J connectivity index is 1.76. The second-order valence-electron chi connectivity index (χ2n) is 4.63. The Morgan fingerprint density at radius 1 is 1.50 bits per heavy atom. The van der Waals surface area contributed by atoms with Crippen LogP contribution in [0.15, 0.2) is 0 Å². The number of hydrogen-bond donors (Lipinski definition) is 0. The highest BCUT2D eigenvalue weighted by Crippen LogP contribution is 2.34. The van der Waals surface area contributed by atoms with Gasteiger partial charge in [-0.3, -0.25) is 4.79 Å². The van der Waals surface area contributed by atoms with Gasteiger partial charge >= 0.3 is 0 Å². The molecule has 0 N–H and O–H groups in total. The third kappa shape index (κ3) is 1.63. The second kappa shape index (κ2) is 3.19.